The molecule has 2 N–H and O–H groups in total. The summed E-state index contributed by atoms with van der Waals surface area (Å²) in [5.41, 5.74) is 1.86. The first-order chi connectivity index (χ1) is 17.5. The Morgan fingerprint density at radius 2 is 1.83 bits per heavy atom. The van der Waals surface area contributed by atoms with Crippen molar-refractivity contribution in [2.24, 2.45) is 0 Å². The molecule has 3 heterocycles. The number of hydrogen-bond acceptors (Lipinski definition) is 9. The molecule has 0 atom stereocenters. The van der Waals surface area contributed by atoms with E-state index in [4.69, 9.17) is 0 Å². The van der Waals surface area contributed by atoms with Crippen molar-refractivity contribution in [3.8, 4) is 0 Å². The van der Waals surface area contributed by atoms with Gasteiger partial charge in [-0.25, -0.2) is 24.4 Å². The van der Waals surface area contributed by atoms with Crippen molar-refractivity contribution in [3.63, 3.8) is 0 Å². The Morgan fingerprint density at radius 3 is 2.50 bits per heavy atom. The summed E-state index contributed by atoms with van der Waals surface area (Å²) in [6.07, 6.45) is 3.64. The van der Waals surface area contributed by atoms with Crippen LogP contribution >= 0.6 is 0 Å². The molecule has 188 valence electrons. The summed E-state index contributed by atoms with van der Waals surface area (Å²) in [5.74, 6) is 0.198. The summed E-state index contributed by atoms with van der Waals surface area (Å²) >= 11 is 0. The molecule has 0 radical (unpaired) electrons. The quantitative estimate of drug-likeness (QED) is 0.290. The molecule has 1 amide bonds. The average molecular weight is 495 g/mol. The Bertz CT molecular complexity index is 1240. The summed E-state index contributed by atoms with van der Waals surface area (Å²) < 4.78 is 13.3. The Labute approximate surface area is 207 Å². The molecule has 5 rings (SSSR count). The lowest BCUT2D eigenvalue weighted by molar-refractivity contribution is -0.384. The van der Waals surface area contributed by atoms with E-state index in [1.165, 1.54) is 23.5 Å². The first-order valence-electron chi connectivity index (χ1n) is 11.9. The van der Waals surface area contributed by atoms with Crippen molar-refractivity contribution >= 4 is 40.2 Å². The molecule has 3 aromatic rings. The monoisotopic (exact) mass is 494 g/mol. The van der Waals surface area contributed by atoms with Crippen molar-refractivity contribution in [3.05, 3.63) is 58.7 Å². The van der Waals surface area contributed by atoms with Gasteiger partial charge in [0.1, 0.15) is 23.6 Å². The first kappa shape index (κ1) is 23.8. The van der Waals surface area contributed by atoms with Crippen LogP contribution in [0.3, 0.4) is 0 Å². The number of nitro benzene ring substituents is 1. The van der Waals surface area contributed by atoms with Gasteiger partial charge in [-0.05, 0) is 43.2 Å². The molecule has 2 aliphatic rings. The highest BCUT2D eigenvalue weighted by Crippen LogP contribution is 2.35. The number of rotatable bonds is 7. The number of fused-ring (bicyclic) bond motifs is 1. The van der Waals surface area contributed by atoms with Crippen molar-refractivity contribution in [2.45, 2.75) is 18.9 Å². The van der Waals surface area contributed by atoms with Crippen LogP contribution in [0.4, 0.5) is 27.3 Å². The summed E-state index contributed by atoms with van der Waals surface area (Å²) in [5, 5.41) is 22.6. The van der Waals surface area contributed by atoms with E-state index in [9.17, 15) is 19.3 Å². The lowest BCUT2D eigenvalue weighted by Gasteiger charge is -2.38. The van der Waals surface area contributed by atoms with Crippen LogP contribution in [-0.2, 0) is 4.79 Å². The second kappa shape index (κ2) is 10.4. The van der Waals surface area contributed by atoms with Gasteiger partial charge in [0.05, 0.1) is 16.1 Å². The van der Waals surface area contributed by atoms with Gasteiger partial charge in [-0.3, -0.25) is 14.9 Å². The fourth-order valence-corrected chi connectivity index (χ4v) is 4.80. The van der Waals surface area contributed by atoms with Crippen LogP contribution in [0.25, 0.3) is 10.9 Å². The maximum absolute atomic E-state index is 13.3. The standard InChI is InChI=1S/C24H27FN8O3/c25-17-1-3-19(4-2-17)32(16-34)31-9-5-18(6-10-31)29-24-20-13-23(33(35)36)22(14-21(20)27-15-28-24)30-11-7-26-8-12-30/h1-4,13-16,18,26H,5-12H2,(H,27,28,29). The van der Waals surface area contributed by atoms with Gasteiger partial charge in [-0.1, -0.05) is 0 Å². The Morgan fingerprint density at radius 1 is 1.11 bits per heavy atom. The summed E-state index contributed by atoms with van der Waals surface area (Å²) in [6, 6.07) is 9.20. The molecular weight excluding hydrogens is 467 g/mol. The van der Waals surface area contributed by atoms with Crippen molar-refractivity contribution < 1.29 is 14.1 Å². The van der Waals surface area contributed by atoms with Crippen LogP contribution in [0.1, 0.15) is 12.8 Å². The molecule has 2 aliphatic heterocycles. The van der Waals surface area contributed by atoms with E-state index in [0.29, 0.717) is 54.3 Å². The molecule has 36 heavy (non-hydrogen) atoms. The third-order valence-corrected chi connectivity index (χ3v) is 6.69. The predicted molar refractivity (Wildman–Crippen MR) is 134 cm³/mol. The highest BCUT2D eigenvalue weighted by molar-refractivity contribution is 5.94. The van der Waals surface area contributed by atoms with Crippen molar-refractivity contribution in [1.29, 1.82) is 0 Å². The number of carbonyl (C=O) groups is 1. The molecule has 0 spiro atoms. The maximum Gasteiger partial charge on any atom is 0.293 e. The maximum atomic E-state index is 13.3. The van der Waals surface area contributed by atoms with Crippen molar-refractivity contribution in [1.82, 2.24) is 20.3 Å². The van der Waals surface area contributed by atoms with Crippen molar-refractivity contribution in [2.75, 3.05) is 54.5 Å². The first-order valence-corrected chi connectivity index (χ1v) is 11.9. The zero-order valence-electron chi connectivity index (χ0n) is 19.6. The number of halogens is 1. The predicted octanol–water partition coefficient (Wildman–Crippen LogP) is 2.54. The van der Waals surface area contributed by atoms with E-state index in [-0.39, 0.29) is 22.5 Å². The van der Waals surface area contributed by atoms with Gasteiger partial charge in [-0.15, -0.1) is 0 Å². The number of carbonyl (C=O) groups excluding carboxylic acids is 1. The van der Waals surface area contributed by atoms with Crippen LogP contribution in [0.15, 0.2) is 42.7 Å². The van der Waals surface area contributed by atoms with Gasteiger partial charge in [0.2, 0.25) is 6.41 Å². The molecule has 11 nitrogen and oxygen atoms in total. The number of nitro groups is 1. The van der Waals surface area contributed by atoms with E-state index in [1.807, 2.05) is 9.91 Å². The van der Waals surface area contributed by atoms with Crippen LogP contribution in [-0.4, -0.2) is 71.6 Å². The van der Waals surface area contributed by atoms with Gasteiger partial charge in [-0.2, -0.15) is 0 Å². The zero-order chi connectivity index (χ0) is 25.1. The number of nitrogens with zero attached hydrogens (tertiary/aromatic N) is 6. The number of aromatic nitrogens is 2. The molecule has 0 bridgehead atoms. The summed E-state index contributed by atoms with van der Waals surface area (Å²) in [7, 11) is 0. The van der Waals surface area contributed by atoms with E-state index in [0.717, 1.165) is 32.3 Å². The summed E-state index contributed by atoms with van der Waals surface area (Å²) in [4.78, 5) is 34.1. The molecular formula is C24H27FN8O3. The fourth-order valence-electron chi connectivity index (χ4n) is 4.80. The van der Waals surface area contributed by atoms with Gasteiger partial charge in [0, 0.05) is 56.8 Å². The SMILES string of the molecule is O=CN(c1ccc(F)cc1)N1CCC(Nc2ncnc3cc(N4CCNCC4)c([N+](=O)[O-])cc23)CC1. The second-order valence-corrected chi connectivity index (χ2v) is 8.87. The lowest BCUT2D eigenvalue weighted by atomic mass is 10.1. The Hall–Kier alpha value is -3.90. The number of amides is 1. The number of hydrogen-bond donors (Lipinski definition) is 2. The smallest absolute Gasteiger partial charge is 0.293 e. The highest BCUT2D eigenvalue weighted by atomic mass is 19.1. The average Bonchev–Trinajstić information content (AvgIpc) is 2.91. The summed E-state index contributed by atoms with van der Waals surface area (Å²) in [6.45, 7) is 4.13. The van der Waals surface area contributed by atoms with E-state index in [1.54, 1.807) is 24.3 Å². The molecule has 0 saturated carbocycles. The number of benzene rings is 2. The van der Waals surface area contributed by atoms with E-state index < -0.39 is 0 Å². The molecule has 12 heteroatoms. The normalized spacial score (nSPS) is 17.2. The molecule has 1 aromatic heterocycles. The zero-order valence-corrected chi connectivity index (χ0v) is 19.6. The number of nitrogens with one attached hydrogen (secondary N) is 2. The third-order valence-electron chi connectivity index (χ3n) is 6.69. The molecule has 0 unspecified atom stereocenters. The fraction of sp³-hybridized carbons (Fsp3) is 0.375. The number of anilines is 3. The number of piperidine rings is 1. The lowest BCUT2D eigenvalue weighted by Crippen LogP contribution is -2.49. The minimum atomic E-state index is -0.357. The van der Waals surface area contributed by atoms with Gasteiger partial charge < -0.3 is 15.5 Å². The minimum Gasteiger partial charge on any atom is -0.367 e. The third kappa shape index (κ3) is 4.90. The van der Waals surface area contributed by atoms with Gasteiger partial charge in [0.15, 0.2) is 0 Å². The van der Waals surface area contributed by atoms with Gasteiger partial charge >= 0.3 is 0 Å². The van der Waals surface area contributed by atoms with E-state index in [2.05, 4.69) is 20.6 Å². The second-order valence-electron chi connectivity index (χ2n) is 8.87. The molecule has 2 fully saturated rings. The van der Waals surface area contributed by atoms with Crippen LogP contribution in [0.2, 0.25) is 0 Å². The minimum absolute atomic E-state index is 0.0398. The topological polar surface area (TPSA) is 120 Å². The Kier molecular flexibility index (Phi) is 6.87. The van der Waals surface area contributed by atoms with Crippen LogP contribution < -0.4 is 20.5 Å². The van der Waals surface area contributed by atoms with Gasteiger partial charge in [0.25, 0.3) is 5.69 Å². The van der Waals surface area contributed by atoms with Crippen LogP contribution in [0, 0.1) is 15.9 Å². The van der Waals surface area contributed by atoms with Crippen LogP contribution in [0.5, 0.6) is 0 Å². The number of hydrazine groups is 1. The van der Waals surface area contributed by atoms with E-state index >= 15 is 0 Å². The molecule has 2 aromatic carbocycles. The molecule has 0 aliphatic carbocycles. The number of piperazine rings is 1. The Balaban J connectivity index is 1.33. The molecule has 2 saturated heterocycles. The highest BCUT2D eigenvalue weighted by Gasteiger charge is 2.26. The largest absolute Gasteiger partial charge is 0.367 e.